The molecular formula is C35H32N2O5S. The topological polar surface area (TPSA) is 98.5 Å². The average molecular weight is 593 g/mol. The summed E-state index contributed by atoms with van der Waals surface area (Å²) in [6, 6.07) is 34.8. The first-order valence-electron chi connectivity index (χ1n) is 13.9. The van der Waals surface area contributed by atoms with Crippen LogP contribution in [0.25, 0.3) is 11.1 Å². The zero-order chi connectivity index (χ0) is 30.4. The van der Waals surface area contributed by atoms with Crippen LogP contribution in [0.4, 0.5) is 11.4 Å². The van der Waals surface area contributed by atoms with Crippen LogP contribution in [0, 0.1) is 24.0 Å². The fourth-order valence-corrected chi connectivity index (χ4v) is 6.33. The Bertz CT molecular complexity index is 1840. The molecule has 0 atom stereocenters. The van der Waals surface area contributed by atoms with Crippen LogP contribution >= 0.6 is 0 Å². The van der Waals surface area contributed by atoms with Crippen molar-refractivity contribution < 1.29 is 18.1 Å². The van der Waals surface area contributed by atoms with Gasteiger partial charge in [-0.05, 0) is 65.4 Å². The van der Waals surface area contributed by atoms with Crippen LogP contribution in [-0.2, 0) is 28.7 Å². The Labute approximate surface area is 251 Å². The van der Waals surface area contributed by atoms with Crippen LogP contribution in [0.5, 0.6) is 5.75 Å². The van der Waals surface area contributed by atoms with E-state index in [1.54, 1.807) is 0 Å². The summed E-state index contributed by atoms with van der Waals surface area (Å²) in [5.41, 5.74) is 7.68. The van der Waals surface area contributed by atoms with Crippen molar-refractivity contribution in [2.24, 2.45) is 0 Å². The summed E-state index contributed by atoms with van der Waals surface area (Å²) in [5, 5.41) is 14.6. The molecule has 1 N–H and O–H groups in total. The number of nitrogens with one attached hydrogen (secondary N) is 1. The van der Waals surface area contributed by atoms with Crippen molar-refractivity contribution >= 4 is 21.2 Å². The lowest BCUT2D eigenvalue weighted by atomic mass is 9.96. The van der Waals surface area contributed by atoms with Crippen LogP contribution in [0.15, 0.2) is 120 Å². The number of hydrogen-bond donors (Lipinski definition) is 1. The molecule has 43 heavy (non-hydrogen) atoms. The maximum absolute atomic E-state index is 13.4. The second-order valence-corrected chi connectivity index (χ2v) is 12.4. The van der Waals surface area contributed by atoms with Gasteiger partial charge in [0.05, 0.1) is 15.6 Å². The van der Waals surface area contributed by atoms with Crippen LogP contribution in [0.3, 0.4) is 0 Å². The highest BCUT2D eigenvalue weighted by Gasteiger charge is 2.21. The molecule has 0 heterocycles. The summed E-state index contributed by atoms with van der Waals surface area (Å²) in [4.78, 5) is 10.5. The number of benzene rings is 5. The standard InChI is InChI=1S/C35H32N2O5S/c1-25-20-30(24-43(40,41)32-18-16-31(17-19-32)37(38)39)35(42-23-27-10-5-3-6-11-27)21-34(25)36-22-29-14-9-15-33(26(29)2)28-12-7-4-8-13-28/h3-21,36H,22-24H2,1-2H3. The Morgan fingerprint density at radius 3 is 2.14 bits per heavy atom. The molecule has 0 amide bonds. The van der Waals surface area contributed by atoms with Crippen molar-refractivity contribution in [2.75, 3.05) is 5.32 Å². The van der Waals surface area contributed by atoms with Crippen molar-refractivity contribution in [3.63, 3.8) is 0 Å². The van der Waals surface area contributed by atoms with E-state index < -0.39 is 14.8 Å². The Morgan fingerprint density at radius 1 is 0.791 bits per heavy atom. The predicted molar refractivity (Wildman–Crippen MR) is 170 cm³/mol. The first-order valence-corrected chi connectivity index (χ1v) is 15.5. The normalized spacial score (nSPS) is 11.2. The smallest absolute Gasteiger partial charge is 0.269 e. The van der Waals surface area contributed by atoms with Crippen LogP contribution in [0.2, 0.25) is 0 Å². The first kappa shape index (κ1) is 29.5. The highest BCUT2D eigenvalue weighted by molar-refractivity contribution is 7.90. The molecule has 218 valence electrons. The lowest BCUT2D eigenvalue weighted by Crippen LogP contribution is -2.09. The first-order chi connectivity index (χ1) is 20.7. The van der Waals surface area contributed by atoms with E-state index in [9.17, 15) is 18.5 Å². The number of nitro groups is 1. The monoisotopic (exact) mass is 592 g/mol. The molecule has 0 aliphatic carbocycles. The minimum Gasteiger partial charge on any atom is -0.489 e. The molecule has 7 nitrogen and oxygen atoms in total. The molecule has 0 unspecified atom stereocenters. The molecular weight excluding hydrogens is 560 g/mol. The van der Waals surface area contributed by atoms with Gasteiger partial charge in [0.15, 0.2) is 9.84 Å². The van der Waals surface area contributed by atoms with Crippen molar-refractivity contribution in [3.8, 4) is 16.9 Å². The number of rotatable bonds is 11. The van der Waals surface area contributed by atoms with E-state index in [2.05, 4.69) is 42.6 Å². The maximum atomic E-state index is 13.4. The number of non-ortho nitro benzene ring substituents is 1. The Kier molecular flexibility index (Phi) is 8.87. The third kappa shape index (κ3) is 7.10. The van der Waals surface area contributed by atoms with Crippen molar-refractivity contribution in [2.45, 2.75) is 37.6 Å². The summed E-state index contributed by atoms with van der Waals surface area (Å²) in [6.45, 7) is 4.89. The highest BCUT2D eigenvalue weighted by Crippen LogP contribution is 2.32. The van der Waals surface area contributed by atoms with Gasteiger partial charge in [0.2, 0.25) is 0 Å². The van der Waals surface area contributed by atoms with Gasteiger partial charge in [-0.15, -0.1) is 0 Å². The summed E-state index contributed by atoms with van der Waals surface area (Å²) in [6.07, 6.45) is 0. The molecule has 0 aliphatic heterocycles. The quantitative estimate of drug-likeness (QED) is 0.123. The third-order valence-corrected chi connectivity index (χ3v) is 9.08. The summed E-state index contributed by atoms with van der Waals surface area (Å²) < 4.78 is 32.9. The predicted octanol–water partition coefficient (Wildman–Crippen LogP) is 8.04. The van der Waals surface area contributed by atoms with Gasteiger partial charge in [-0.1, -0.05) is 78.9 Å². The molecule has 0 saturated carbocycles. The molecule has 0 aromatic heterocycles. The van der Waals surface area contributed by atoms with E-state index in [0.717, 1.165) is 27.9 Å². The van der Waals surface area contributed by atoms with E-state index >= 15 is 0 Å². The molecule has 5 rings (SSSR count). The van der Waals surface area contributed by atoms with Crippen LogP contribution in [-0.4, -0.2) is 13.3 Å². The Morgan fingerprint density at radius 2 is 1.47 bits per heavy atom. The van der Waals surface area contributed by atoms with Crippen LogP contribution < -0.4 is 10.1 Å². The maximum Gasteiger partial charge on any atom is 0.269 e. The number of nitrogens with zero attached hydrogens (tertiary/aromatic N) is 1. The van der Waals surface area contributed by atoms with Crippen molar-refractivity contribution in [1.29, 1.82) is 0 Å². The zero-order valence-corrected chi connectivity index (χ0v) is 24.8. The van der Waals surface area contributed by atoms with E-state index in [0.29, 0.717) is 17.9 Å². The molecule has 0 radical (unpaired) electrons. The molecule has 0 fully saturated rings. The Hall–Kier alpha value is -4.95. The van der Waals surface area contributed by atoms with Gasteiger partial charge in [-0.25, -0.2) is 8.42 Å². The third-order valence-electron chi connectivity index (χ3n) is 7.40. The van der Waals surface area contributed by atoms with Gasteiger partial charge in [-0.3, -0.25) is 10.1 Å². The van der Waals surface area contributed by atoms with Gasteiger partial charge in [-0.2, -0.15) is 0 Å². The van der Waals surface area contributed by atoms with Gasteiger partial charge in [0.1, 0.15) is 12.4 Å². The van der Waals surface area contributed by atoms with E-state index in [-0.39, 0.29) is 22.9 Å². The number of sulfone groups is 1. The number of anilines is 1. The summed E-state index contributed by atoms with van der Waals surface area (Å²) in [5.74, 6) is 0.145. The molecule has 0 spiro atoms. The average Bonchev–Trinajstić information content (AvgIpc) is 3.01. The molecule has 0 saturated heterocycles. The number of nitro benzene ring substituents is 1. The second kappa shape index (κ2) is 12.9. The molecule has 5 aromatic rings. The zero-order valence-electron chi connectivity index (χ0n) is 24.0. The Balaban J connectivity index is 1.43. The lowest BCUT2D eigenvalue weighted by molar-refractivity contribution is -0.384. The minimum absolute atomic E-state index is 0.0146. The lowest BCUT2D eigenvalue weighted by Gasteiger charge is -2.18. The van der Waals surface area contributed by atoms with Gasteiger partial charge in [0, 0.05) is 36.0 Å². The number of hydrogen-bond acceptors (Lipinski definition) is 6. The van der Waals surface area contributed by atoms with E-state index in [1.807, 2.05) is 67.6 Å². The van der Waals surface area contributed by atoms with Crippen molar-refractivity contribution in [3.05, 3.63) is 153 Å². The second-order valence-electron chi connectivity index (χ2n) is 10.4. The van der Waals surface area contributed by atoms with Crippen LogP contribution in [0.1, 0.15) is 27.8 Å². The molecule has 5 aromatic carbocycles. The molecule has 0 bridgehead atoms. The SMILES string of the molecule is Cc1cc(CS(=O)(=O)c2ccc([N+](=O)[O-])cc2)c(OCc2ccccc2)cc1NCc1cccc(-c2ccccc2)c1C. The fourth-order valence-electron chi connectivity index (χ4n) is 4.98. The largest absolute Gasteiger partial charge is 0.489 e. The van der Waals surface area contributed by atoms with Crippen molar-refractivity contribution in [1.82, 2.24) is 0 Å². The molecule has 8 heteroatoms. The fraction of sp³-hybridized carbons (Fsp3) is 0.143. The number of aryl methyl sites for hydroxylation is 1. The van der Waals surface area contributed by atoms with E-state index in [1.165, 1.54) is 35.4 Å². The number of ether oxygens (including phenoxy) is 1. The highest BCUT2D eigenvalue weighted by atomic mass is 32.2. The summed E-state index contributed by atoms with van der Waals surface area (Å²) >= 11 is 0. The summed E-state index contributed by atoms with van der Waals surface area (Å²) in [7, 11) is -3.81. The van der Waals surface area contributed by atoms with Gasteiger partial charge in [0.25, 0.3) is 5.69 Å². The van der Waals surface area contributed by atoms with Gasteiger partial charge >= 0.3 is 0 Å². The van der Waals surface area contributed by atoms with Gasteiger partial charge < -0.3 is 10.1 Å². The minimum atomic E-state index is -3.81. The molecule has 0 aliphatic rings. The van der Waals surface area contributed by atoms with E-state index in [4.69, 9.17) is 4.74 Å².